The van der Waals surface area contributed by atoms with Crippen LogP contribution in [0.2, 0.25) is 5.02 Å². The maximum absolute atomic E-state index is 12.9. The van der Waals surface area contributed by atoms with Crippen LogP contribution in [0.1, 0.15) is 56.4 Å². The zero-order chi connectivity index (χ0) is 51.1. The summed E-state index contributed by atoms with van der Waals surface area (Å²) in [4.78, 5) is 28.2. The molecule has 4 aromatic carbocycles. The van der Waals surface area contributed by atoms with Gasteiger partial charge >= 0.3 is 0 Å². The summed E-state index contributed by atoms with van der Waals surface area (Å²) < 4.78 is 37.1. The van der Waals surface area contributed by atoms with Crippen molar-refractivity contribution in [1.29, 1.82) is 0 Å². The minimum absolute atomic E-state index is 0.243. The summed E-state index contributed by atoms with van der Waals surface area (Å²) in [5.41, 5.74) is 14.6. The molecule has 0 saturated carbocycles. The number of piperazine rings is 1. The number of aromatic nitrogens is 4. The second kappa shape index (κ2) is 23.1. The Balaban J connectivity index is 0.000000185. The molecular weight excluding hydrogens is 960 g/mol. The van der Waals surface area contributed by atoms with Crippen molar-refractivity contribution in [2.45, 2.75) is 68.2 Å². The molecule has 16 nitrogen and oxygen atoms in total. The van der Waals surface area contributed by atoms with Crippen molar-refractivity contribution in [3.63, 3.8) is 0 Å². The standard InChI is InChI=1S/C30H41N7O3S.C25H26ClN5O/c1-22(2)41(38,39)28-8-6-5-7-26(28)32-29-11-14-31-30(34-29)33-25-10-9-24(21-27(25)40-4)36-15-12-23(13-16-36)37-19-17-35(3)18-20-37;1-32-23-14-18(31-12-10-17(27)11-13-31)7-9-22(23)29-25-28-15-21(26)24(30-25)20-8-6-16-4-2-3-5-19(16)20/h5-11,14,21-23H,12-13,15-20H2,1-4H3,(H2,31,32,33,34);2-5,7-9,14-15,17H,6,10-13,27H2,1H3,(H,28,29,30). The highest BCUT2D eigenvalue weighted by molar-refractivity contribution is 7.92. The van der Waals surface area contributed by atoms with Crippen LogP contribution in [0.5, 0.6) is 11.5 Å². The quantitative estimate of drug-likeness (QED) is 0.0811. The second-order valence-electron chi connectivity index (χ2n) is 19.3. The van der Waals surface area contributed by atoms with E-state index >= 15 is 0 Å². The van der Waals surface area contributed by atoms with Gasteiger partial charge in [0.25, 0.3) is 0 Å². The maximum Gasteiger partial charge on any atom is 0.229 e. The van der Waals surface area contributed by atoms with Crippen molar-refractivity contribution in [2.75, 3.05) is 99.4 Å². The van der Waals surface area contributed by atoms with Crippen molar-refractivity contribution in [3.05, 3.63) is 131 Å². The summed E-state index contributed by atoms with van der Waals surface area (Å²) in [5.74, 6) is 2.78. The lowest BCUT2D eigenvalue weighted by atomic mass is 10.0. The molecule has 0 bridgehead atoms. The number of halogens is 1. The number of rotatable bonds is 14. The molecule has 3 saturated heterocycles. The fraction of sp³-hybridized carbons (Fsp3) is 0.382. The van der Waals surface area contributed by atoms with E-state index in [9.17, 15) is 8.42 Å². The molecule has 2 aromatic heterocycles. The fourth-order valence-electron chi connectivity index (χ4n) is 9.86. The predicted molar refractivity (Wildman–Crippen MR) is 295 cm³/mol. The lowest BCUT2D eigenvalue weighted by molar-refractivity contribution is 0.0982. The Bertz CT molecular complexity index is 3010. The summed E-state index contributed by atoms with van der Waals surface area (Å²) >= 11 is 6.49. The summed E-state index contributed by atoms with van der Waals surface area (Å²) in [6, 6.07) is 30.2. The third kappa shape index (κ3) is 12.1. The molecule has 10 rings (SSSR count). The molecule has 1 aliphatic carbocycles. The number of sulfone groups is 1. The van der Waals surface area contributed by atoms with Crippen molar-refractivity contribution in [3.8, 4) is 11.5 Å². The normalized spacial score (nSPS) is 16.8. The first-order valence-electron chi connectivity index (χ1n) is 25.2. The third-order valence-electron chi connectivity index (χ3n) is 14.2. The van der Waals surface area contributed by atoms with Gasteiger partial charge in [-0.3, -0.25) is 4.90 Å². The summed E-state index contributed by atoms with van der Waals surface area (Å²) in [6.45, 7) is 11.9. The number of hydrogen-bond donors (Lipinski definition) is 4. The summed E-state index contributed by atoms with van der Waals surface area (Å²) in [5, 5.41) is 9.72. The number of fused-ring (bicyclic) bond motifs is 1. The number of benzene rings is 4. The smallest absolute Gasteiger partial charge is 0.229 e. The zero-order valence-corrected chi connectivity index (χ0v) is 44.0. The van der Waals surface area contributed by atoms with E-state index in [-0.39, 0.29) is 4.90 Å². The minimum atomic E-state index is -3.47. The number of ether oxygens (including phenoxy) is 2. The van der Waals surface area contributed by atoms with Gasteiger partial charge in [0, 0.05) is 99.7 Å². The van der Waals surface area contributed by atoms with Crippen LogP contribution in [0.4, 0.5) is 46.2 Å². The van der Waals surface area contributed by atoms with Crippen LogP contribution in [0.3, 0.4) is 0 Å². The van der Waals surface area contributed by atoms with E-state index in [0.29, 0.717) is 46.3 Å². The van der Waals surface area contributed by atoms with E-state index in [1.807, 2.05) is 24.3 Å². The molecule has 5 N–H and O–H groups in total. The van der Waals surface area contributed by atoms with Gasteiger partial charge in [-0.1, -0.05) is 54.1 Å². The van der Waals surface area contributed by atoms with Crippen LogP contribution < -0.4 is 41.0 Å². The lowest BCUT2D eigenvalue weighted by Gasteiger charge is -2.42. The monoisotopic (exact) mass is 1030 g/mol. The molecule has 3 fully saturated rings. The Kier molecular flexibility index (Phi) is 16.3. The molecule has 0 amide bonds. The maximum atomic E-state index is 12.9. The number of piperidine rings is 2. The number of nitrogens with one attached hydrogen (secondary N) is 3. The number of nitrogens with two attached hydrogens (primary N) is 1. The van der Waals surface area contributed by atoms with Crippen LogP contribution in [-0.2, 0) is 16.3 Å². The molecule has 0 atom stereocenters. The highest BCUT2D eigenvalue weighted by atomic mass is 35.5. The first-order valence-corrected chi connectivity index (χ1v) is 27.1. The molecule has 73 heavy (non-hydrogen) atoms. The van der Waals surface area contributed by atoms with Crippen molar-refractivity contribution in [2.24, 2.45) is 5.73 Å². The second-order valence-corrected chi connectivity index (χ2v) is 22.1. The number of nitrogens with zero attached hydrogens (tertiary/aromatic N) is 8. The highest BCUT2D eigenvalue weighted by Gasteiger charge is 2.28. The first kappa shape index (κ1) is 51.4. The molecule has 0 unspecified atom stereocenters. The minimum Gasteiger partial charge on any atom is -0.494 e. The Hall–Kier alpha value is -6.50. The van der Waals surface area contributed by atoms with Gasteiger partial charge in [-0.25, -0.2) is 23.4 Å². The molecule has 4 aliphatic rings. The van der Waals surface area contributed by atoms with Crippen LogP contribution >= 0.6 is 11.6 Å². The van der Waals surface area contributed by atoms with Gasteiger partial charge in [-0.15, -0.1) is 0 Å². The first-order chi connectivity index (χ1) is 35.4. The SMILES string of the molecule is COc1cc(N2CCC(N)CC2)ccc1Nc1ncc(Cl)c(C2=CCc3ccccc32)n1.COc1cc(N2CCC(N3CCN(C)CC3)CC2)ccc1Nc1nccc(Nc2ccccc2S(=O)(=O)C(C)C)n1. The largest absolute Gasteiger partial charge is 0.494 e. The molecule has 0 spiro atoms. The van der Waals surface area contributed by atoms with E-state index in [4.69, 9.17) is 31.8 Å². The Morgan fingerprint density at radius 3 is 1.95 bits per heavy atom. The Morgan fingerprint density at radius 2 is 1.30 bits per heavy atom. The van der Waals surface area contributed by atoms with Crippen LogP contribution in [0, 0.1) is 0 Å². The number of methoxy groups -OCH3 is 2. The van der Waals surface area contributed by atoms with E-state index in [2.05, 4.69) is 100 Å². The van der Waals surface area contributed by atoms with Crippen LogP contribution in [-0.4, -0.2) is 129 Å². The third-order valence-corrected chi connectivity index (χ3v) is 16.7. The Morgan fingerprint density at radius 1 is 0.699 bits per heavy atom. The summed E-state index contributed by atoms with van der Waals surface area (Å²) in [7, 11) is 2.07. The van der Waals surface area contributed by atoms with Gasteiger partial charge < -0.3 is 45.9 Å². The van der Waals surface area contributed by atoms with Crippen molar-refractivity contribution < 1.29 is 17.9 Å². The zero-order valence-electron chi connectivity index (χ0n) is 42.4. The Labute approximate surface area is 434 Å². The molecular formula is C55H67ClN12O4S. The van der Waals surface area contributed by atoms with Gasteiger partial charge in [0.2, 0.25) is 11.9 Å². The highest BCUT2D eigenvalue weighted by Crippen LogP contribution is 2.38. The average Bonchev–Trinajstić information content (AvgIpc) is 3.84. The fourth-order valence-corrected chi connectivity index (χ4v) is 11.3. The lowest BCUT2D eigenvalue weighted by Crippen LogP contribution is -2.52. The van der Waals surface area contributed by atoms with E-state index in [0.717, 1.165) is 111 Å². The molecule has 5 heterocycles. The van der Waals surface area contributed by atoms with Gasteiger partial charge in [0.1, 0.15) is 17.3 Å². The van der Waals surface area contributed by atoms with E-state index in [1.165, 1.54) is 24.0 Å². The van der Waals surface area contributed by atoms with Gasteiger partial charge in [-0.2, -0.15) is 4.98 Å². The van der Waals surface area contributed by atoms with E-state index in [1.54, 1.807) is 70.8 Å². The molecule has 18 heteroatoms. The van der Waals surface area contributed by atoms with Crippen molar-refractivity contribution >= 4 is 73.2 Å². The number of anilines is 8. The number of allylic oxidation sites excluding steroid dienone is 1. The molecule has 6 aromatic rings. The van der Waals surface area contributed by atoms with Gasteiger partial charge in [-0.05, 0) is 107 Å². The van der Waals surface area contributed by atoms with Crippen molar-refractivity contribution in [1.82, 2.24) is 29.7 Å². The van der Waals surface area contributed by atoms with E-state index < -0.39 is 15.1 Å². The topological polar surface area (TPSA) is 179 Å². The average molecular weight is 1030 g/mol. The van der Waals surface area contributed by atoms with Gasteiger partial charge in [0.15, 0.2) is 9.84 Å². The number of hydrogen-bond acceptors (Lipinski definition) is 16. The molecule has 0 radical (unpaired) electrons. The molecule has 384 valence electrons. The van der Waals surface area contributed by atoms with Crippen LogP contribution in [0.15, 0.2) is 114 Å². The van der Waals surface area contributed by atoms with Crippen LogP contribution in [0.25, 0.3) is 5.57 Å². The summed E-state index contributed by atoms with van der Waals surface area (Å²) in [6.07, 6.45) is 10.7. The molecule has 3 aliphatic heterocycles. The van der Waals surface area contributed by atoms with Gasteiger partial charge in [0.05, 0.1) is 58.3 Å². The number of likely N-dealkylation sites (N-methyl/N-ethyl adjacent to an activating group) is 1. The predicted octanol–water partition coefficient (Wildman–Crippen LogP) is 9.17. The number of para-hydroxylation sites is 1.